The summed E-state index contributed by atoms with van der Waals surface area (Å²) >= 11 is 0. The Morgan fingerprint density at radius 3 is 2.75 bits per heavy atom. The second-order valence-corrected chi connectivity index (χ2v) is 9.28. The van der Waals surface area contributed by atoms with Gasteiger partial charge in [-0.1, -0.05) is 6.07 Å². The summed E-state index contributed by atoms with van der Waals surface area (Å²) in [5.41, 5.74) is 9.68. The molecule has 3 aromatic heterocycles. The summed E-state index contributed by atoms with van der Waals surface area (Å²) in [6.07, 6.45) is 7.35. The van der Waals surface area contributed by atoms with Crippen molar-refractivity contribution < 1.29 is 13.9 Å². The fourth-order valence-electron chi connectivity index (χ4n) is 4.61. The maximum absolute atomic E-state index is 14.9. The number of pyridine rings is 1. The van der Waals surface area contributed by atoms with Crippen LogP contribution in [-0.2, 0) is 24.8 Å². The summed E-state index contributed by atoms with van der Waals surface area (Å²) in [7, 11) is 1.98. The first-order valence-electron chi connectivity index (χ1n) is 12.0. The number of aromatic nitrogens is 4. The zero-order valence-electron chi connectivity index (χ0n) is 20.4. The lowest BCUT2D eigenvalue weighted by Crippen LogP contribution is -2.53. The molecule has 0 bridgehead atoms. The average Bonchev–Trinajstić information content (AvgIpc) is 3.46. The van der Waals surface area contributed by atoms with Gasteiger partial charge >= 0.3 is 0 Å². The zero-order chi connectivity index (χ0) is 25.2. The van der Waals surface area contributed by atoms with Crippen molar-refractivity contribution >= 4 is 16.9 Å². The third-order valence-corrected chi connectivity index (χ3v) is 6.71. The summed E-state index contributed by atoms with van der Waals surface area (Å²) in [6, 6.07) is 5.69. The van der Waals surface area contributed by atoms with Crippen LogP contribution in [0, 0.1) is 12.7 Å². The first-order chi connectivity index (χ1) is 17.4. The first kappa shape index (κ1) is 24.0. The minimum absolute atomic E-state index is 0.108. The molecule has 0 spiro atoms. The molecule has 4 heterocycles. The van der Waals surface area contributed by atoms with Crippen molar-refractivity contribution in [2.75, 3.05) is 26.2 Å². The van der Waals surface area contributed by atoms with E-state index in [1.54, 1.807) is 35.6 Å². The van der Waals surface area contributed by atoms with Gasteiger partial charge in [-0.2, -0.15) is 0 Å². The Hall–Kier alpha value is -3.76. The number of aryl methyl sites for hydroxylation is 2. The molecule has 1 fully saturated rings. The molecule has 1 aliphatic rings. The molecule has 10 heteroatoms. The standard InChI is InChI=1S/C26H30FN7O2/c1-17-13-31-25-24(17)23(5-6-30-25)36-22-4-3-18(11-20(22)27)12-21(28)26(35)34-9-7-33(8-10-34)15-19-14-29-16-32(19)2/h3-6,11,13-14,16,21H,7-10,12,15,28H2,1-2H3,(H,30,31)/t21-/m0/s1. The number of carbonyl (C=O) groups excluding carboxylic acids is 1. The highest BCUT2D eigenvalue weighted by molar-refractivity contribution is 5.86. The van der Waals surface area contributed by atoms with E-state index in [0.717, 1.165) is 36.3 Å². The van der Waals surface area contributed by atoms with Crippen LogP contribution in [-0.4, -0.2) is 67.4 Å². The summed E-state index contributed by atoms with van der Waals surface area (Å²) in [5.74, 6) is 0.0169. The smallest absolute Gasteiger partial charge is 0.239 e. The molecule has 4 aromatic rings. The Labute approximate surface area is 208 Å². The number of carbonyl (C=O) groups is 1. The molecule has 1 amide bonds. The van der Waals surface area contributed by atoms with Crippen LogP contribution in [0.2, 0.25) is 0 Å². The van der Waals surface area contributed by atoms with E-state index < -0.39 is 11.9 Å². The molecule has 0 aliphatic carbocycles. The highest BCUT2D eigenvalue weighted by atomic mass is 19.1. The highest BCUT2D eigenvalue weighted by Gasteiger charge is 2.26. The molecule has 0 unspecified atom stereocenters. The number of nitrogens with zero attached hydrogens (tertiary/aromatic N) is 5. The fourth-order valence-corrected chi connectivity index (χ4v) is 4.61. The number of aromatic amines is 1. The fraction of sp³-hybridized carbons (Fsp3) is 0.346. The van der Waals surface area contributed by atoms with E-state index in [4.69, 9.17) is 10.5 Å². The molecular weight excluding hydrogens is 461 g/mol. The van der Waals surface area contributed by atoms with Crippen LogP contribution >= 0.6 is 0 Å². The number of fused-ring (bicyclic) bond motifs is 1. The number of nitrogens with two attached hydrogens (primary N) is 1. The highest BCUT2D eigenvalue weighted by Crippen LogP contribution is 2.32. The molecular formula is C26H30FN7O2. The van der Waals surface area contributed by atoms with Gasteiger partial charge in [0.15, 0.2) is 11.6 Å². The quantitative estimate of drug-likeness (QED) is 0.412. The van der Waals surface area contributed by atoms with Crippen molar-refractivity contribution in [3.05, 3.63) is 71.8 Å². The molecule has 5 rings (SSSR count). The van der Waals surface area contributed by atoms with Crippen LogP contribution < -0.4 is 10.5 Å². The van der Waals surface area contributed by atoms with Crippen molar-refractivity contribution in [3.63, 3.8) is 0 Å². The number of imidazole rings is 1. The van der Waals surface area contributed by atoms with E-state index in [1.807, 2.05) is 30.9 Å². The molecule has 1 aliphatic heterocycles. The van der Waals surface area contributed by atoms with E-state index in [0.29, 0.717) is 30.0 Å². The Kier molecular flexibility index (Phi) is 6.71. The van der Waals surface area contributed by atoms with Gasteiger partial charge in [-0.3, -0.25) is 9.69 Å². The van der Waals surface area contributed by atoms with Gasteiger partial charge in [0.1, 0.15) is 11.4 Å². The predicted molar refractivity (Wildman–Crippen MR) is 134 cm³/mol. The number of hydrogen-bond acceptors (Lipinski definition) is 6. The first-order valence-corrected chi connectivity index (χ1v) is 12.0. The van der Waals surface area contributed by atoms with Crippen LogP contribution in [0.3, 0.4) is 0 Å². The van der Waals surface area contributed by atoms with E-state index in [2.05, 4.69) is 19.9 Å². The Morgan fingerprint density at radius 1 is 1.22 bits per heavy atom. The zero-order valence-corrected chi connectivity index (χ0v) is 20.4. The number of ether oxygens (including phenoxy) is 1. The number of rotatable bonds is 7. The lowest BCUT2D eigenvalue weighted by Gasteiger charge is -2.35. The molecule has 0 saturated carbocycles. The molecule has 1 atom stereocenters. The van der Waals surface area contributed by atoms with E-state index in [1.165, 1.54) is 6.07 Å². The average molecular weight is 492 g/mol. The number of H-pyrrole nitrogens is 1. The molecule has 0 radical (unpaired) electrons. The topological polar surface area (TPSA) is 105 Å². The van der Waals surface area contributed by atoms with Crippen molar-refractivity contribution in [3.8, 4) is 11.5 Å². The Balaban J connectivity index is 1.18. The number of halogens is 1. The summed E-state index contributed by atoms with van der Waals surface area (Å²) < 4.78 is 22.8. The number of nitrogens with one attached hydrogen (secondary N) is 1. The predicted octanol–water partition coefficient (Wildman–Crippen LogP) is 2.75. The lowest BCUT2D eigenvalue weighted by atomic mass is 10.0. The molecule has 36 heavy (non-hydrogen) atoms. The third-order valence-electron chi connectivity index (χ3n) is 6.71. The van der Waals surface area contributed by atoms with Gasteiger partial charge in [-0.25, -0.2) is 14.4 Å². The van der Waals surface area contributed by atoms with Crippen molar-refractivity contribution in [1.29, 1.82) is 0 Å². The Morgan fingerprint density at radius 2 is 2.03 bits per heavy atom. The van der Waals surface area contributed by atoms with Gasteiger partial charge < -0.3 is 24.9 Å². The molecule has 3 N–H and O–H groups in total. The largest absolute Gasteiger partial charge is 0.453 e. The minimum Gasteiger partial charge on any atom is -0.453 e. The summed E-state index contributed by atoms with van der Waals surface area (Å²) in [5, 5.41) is 0.814. The normalized spacial score (nSPS) is 15.4. The molecule has 1 saturated heterocycles. The van der Waals surface area contributed by atoms with Gasteiger partial charge in [0, 0.05) is 58.4 Å². The lowest BCUT2D eigenvalue weighted by molar-refractivity contribution is -0.134. The van der Waals surface area contributed by atoms with Crippen molar-refractivity contribution in [2.45, 2.75) is 25.9 Å². The van der Waals surface area contributed by atoms with Crippen LogP contribution in [0.25, 0.3) is 11.0 Å². The van der Waals surface area contributed by atoms with Crippen LogP contribution in [0.5, 0.6) is 11.5 Å². The third kappa shape index (κ3) is 4.95. The second-order valence-electron chi connectivity index (χ2n) is 9.28. The van der Waals surface area contributed by atoms with E-state index in [9.17, 15) is 9.18 Å². The van der Waals surface area contributed by atoms with Crippen molar-refractivity contribution in [1.82, 2.24) is 29.3 Å². The van der Waals surface area contributed by atoms with E-state index >= 15 is 0 Å². The van der Waals surface area contributed by atoms with Gasteiger partial charge in [0.05, 0.1) is 23.4 Å². The number of amides is 1. The van der Waals surface area contributed by atoms with Gasteiger partial charge in [0.25, 0.3) is 0 Å². The van der Waals surface area contributed by atoms with Gasteiger partial charge in [-0.05, 0) is 42.7 Å². The number of piperazine rings is 1. The van der Waals surface area contributed by atoms with Crippen LogP contribution in [0.15, 0.2) is 49.2 Å². The molecule has 188 valence electrons. The summed E-state index contributed by atoms with van der Waals surface area (Å²) in [4.78, 5) is 28.5. The maximum atomic E-state index is 14.9. The maximum Gasteiger partial charge on any atom is 0.239 e. The number of hydrogen-bond donors (Lipinski definition) is 2. The SMILES string of the molecule is Cc1c[nH]c2nccc(Oc3ccc(C[C@H](N)C(=O)N4CCN(Cc5cncn5C)CC4)cc3F)c12. The van der Waals surface area contributed by atoms with Crippen LogP contribution in [0.1, 0.15) is 16.8 Å². The van der Waals surface area contributed by atoms with E-state index in [-0.39, 0.29) is 18.1 Å². The second kappa shape index (κ2) is 10.1. The molecule has 9 nitrogen and oxygen atoms in total. The minimum atomic E-state index is -0.734. The molecule has 1 aromatic carbocycles. The van der Waals surface area contributed by atoms with Gasteiger partial charge in [0.2, 0.25) is 5.91 Å². The number of benzene rings is 1. The monoisotopic (exact) mass is 491 g/mol. The van der Waals surface area contributed by atoms with Crippen molar-refractivity contribution in [2.24, 2.45) is 12.8 Å². The van der Waals surface area contributed by atoms with Crippen LogP contribution in [0.4, 0.5) is 4.39 Å². The Bertz CT molecular complexity index is 1370. The van der Waals surface area contributed by atoms with Gasteiger partial charge in [-0.15, -0.1) is 0 Å². The summed E-state index contributed by atoms with van der Waals surface area (Å²) in [6.45, 7) is 5.51.